The maximum atomic E-state index is 14.8. The summed E-state index contributed by atoms with van der Waals surface area (Å²) in [5, 5.41) is 15.8. The number of nitriles is 1. The molecule has 0 unspecified atom stereocenters. The molecule has 0 bridgehead atoms. The van der Waals surface area contributed by atoms with E-state index < -0.39 is 11.2 Å². The van der Waals surface area contributed by atoms with Crippen LogP contribution in [0.4, 0.5) is 15.8 Å². The Labute approximate surface area is 174 Å². The highest BCUT2D eigenvalue weighted by Gasteiger charge is 2.37. The fraction of sp³-hybridized carbons (Fsp3) is 0.304. The van der Waals surface area contributed by atoms with Crippen molar-refractivity contribution in [2.45, 2.75) is 31.8 Å². The first kappa shape index (κ1) is 19.9. The SMILES string of the molecule is CCn1cc(C#N)c(=O)c2c(N)c(F)c(NCCN[C@@H]3C[C@H]3c3ccccc3)cc21. The van der Waals surface area contributed by atoms with Gasteiger partial charge in [-0.15, -0.1) is 0 Å². The van der Waals surface area contributed by atoms with Gasteiger partial charge in [0.2, 0.25) is 5.43 Å². The molecule has 4 rings (SSSR count). The van der Waals surface area contributed by atoms with Gasteiger partial charge in [0.1, 0.15) is 11.6 Å². The Bertz CT molecular complexity index is 1180. The van der Waals surface area contributed by atoms with Crippen molar-refractivity contribution in [3.05, 3.63) is 69.8 Å². The standard InChI is InChI=1S/C23H24FN5O/c1-2-29-13-15(12-25)23(30)20-19(29)11-18(21(24)22(20)26)28-9-8-27-17-10-16(17)14-6-4-3-5-7-14/h3-7,11,13,16-17,27-28H,2,8-10,26H2,1H3/t16-,17+/m0/s1. The zero-order chi connectivity index (χ0) is 21.3. The Morgan fingerprint density at radius 1 is 1.30 bits per heavy atom. The molecule has 7 heteroatoms. The van der Waals surface area contributed by atoms with Crippen LogP contribution >= 0.6 is 0 Å². The molecule has 0 aliphatic heterocycles. The van der Waals surface area contributed by atoms with Crippen molar-refractivity contribution in [3.63, 3.8) is 0 Å². The molecule has 0 amide bonds. The fourth-order valence-electron chi connectivity index (χ4n) is 3.96. The van der Waals surface area contributed by atoms with E-state index in [0.717, 1.165) is 6.42 Å². The number of halogens is 1. The molecule has 1 aliphatic carbocycles. The number of hydrogen-bond donors (Lipinski definition) is 3. The second kappa shape index (κ2) is 8.17. The highest BCUT2D eigenvalue weighted by molar-refractivity contribution is 5.94. The topological polar surface area (TPSA) is 95.9 Å². The van der Waals surface area contributed by atoms with E-state index in [9.17, 15) is 14.4 Å². The van der Waals surface area contributed by atoms with Crippen LogP contribution in [0.2, 0.25) is 0 Å². The van der Waals surface area contributed by atoms with Crippen LogP contribution in [0.3, 0.4) is 0 Å². The molecule has 2 aromatic carbocycles. The normalized spacial score (nSPS) is 17.6. The molecular weight excluding hydrogens is 381 g/mol. The predicted molar refractivity (Wildman–Crippen MR) is 117 cm³/mol. The number of aromatic nitrogens is 1. The van der Waals surface area contributed by atoms with Gasteiger partial charge in [-0.3, -0.25) is 4.79 Å². The summed E-state index contributed by atoms with van der Waals surface area (Å²) >= 11 is 0. The number of benzene rings is 2. The van der Waals surface area contributed by atoms with Crippen LogP contribution in [0.15, 0.2) is 47.4 Å². The van der Waals surface area contributed by atoms with Crippen LogP contribution < -0.4 is 21.8 Å². The first-order valence-electron chi connectivity index (χ1n) is 10.1. The van der Waals surface area contributed by atoms with Crippen molar-refractivity contribution in [1.29, 1.82) is 5.26 Å². The lowest BCUT2D eigenvalue weighted by molar-refractivity contribution is 0.633. The Hall–Kier alpha value is -3.37. The number of aryl methyl sites for hydroxylation is 1. The van der Waals surface area contributed by atoms with Gasteiger partial charge >= 0.3 is 0 Å². The van der Waals surface area contributed by atoms with Crippen LogP contribution in [0, 0.1) is 17.1 Å². The summed E-state index contributed by atoms with van der Waals surface area (Å²) < 4.78 is 16.6. The van der Waals surface area contributed by atoms with Crippen LogP contribution in [0.1, 0.15) is 30.4 Å². The van der Waals surface area contributed by atoms with E-state index in [-0.39, 0.29) is 22.3 Å². The summed E-state index contributed by atoms with van der Waals surface area (Å²) in [6, 6.07) is 14.3. The van der Waals surface area contributed by atoms with E-state index >= 15 is 0 Å². The van der Waals surface area contributed by atoms with E-state index in [1.54, 1.807) is 10.6 Å². The molecule has 0 saturated heterocycles. The molecule has 4 N–H and O–H groups in total. The van der Waals surface area contributed by atoms with E-state index in [1.165, 1.54) is 11.8 Å². The van der Waals surface area contributed by atoms with E-state index in [4.69, 9.17) is 5.73 Å². The van der Waals surface area contributed by atoms with E-state index in [2.05, 4.69) is 34.9 Å². The third-order valence-electron chi connectivity index (χ3n) is 5.67. The third-order valence-corrected chi connectivity index (χ3v) is 5.67. The first-order chi connectivity index (χ1) is 14.5. The second-order valence-electron chi connectivity index (χ2n) is 7.56. The Balaban J connectivity index is 1.47. The van der Waals surface area contributed by atoms with Crippen LogP contribution in [-0.4, -0.2) is 23.7 Å². The molecule has 6 nitrogen and oxygen atoms in total. The molecule has 1 fully saturated rings. The fourth-order valence-corrected chi connectivity index (χ4v) is 3.96. The Kier molecular flexibility index (Phi) is 5.42. The van der Waals surface area contributed by atoms with Gasteiger partial charge in [0.25, 0.3) is 0 Å². The van der Waals surface area contributed by atoms with Crippen molar-refractivity contribution in [2.24, 2.45) is 0 Å². The summed E-state index contributed by atoms with van der Waals surface area (Å²) in [4.78, 5) is 12.5. The zero-order valence-corrected chi connectivity index (χ0v) is 16.8. The molecule has 2 atom stereocenters. The van der Waals surface area contributed by atoms with Gasteiger partial charge < -0.3 is 20.9 Å². The summed E-state index contributed by atoms with van der Waals surface area (Å²) in [5.41, 5.74) is 7.26. The molecule has 0 spiro atoms. The minimum atomic E-state index is -0.661. The number of hydrogen-bond acceptors (Lipinski definition) is 5. The third kappa shape index (κ3) is 3.62. The summed E-state index contributed by atoms with van der Waals surface area (Å²) in [5.74, 6) is -0.126. The number of nitrogen functional groups attached to an aromatic ring is 1. The Morgan fingerprint density at radius 3 is 2.77 bits per heavy atom. The van der Waals surface area contributed by atoms with Gasteiger partial charge in [0, 0.05) is 37.8 Å². The quantitative estimate of drug-likeness (QED) is 0.414. The highest BCUT2D eigenvalue weighted by atomic mass is 19.1. The average Bonchev–Trinajstić information content (AvgIpc) is 3.54. The van der Waals surface area contributed by atoms with Crippen molar-refractivity contribution in [2.75, 3.05) is 24.1 Å². The lowest BCUT2D eigenvalue weighted by Crippen LogP contribution is -2.25. The smallest absolute Gasteiger partial charge is 0.209 e. The number of nitrogens with one attached hydrogen (secondary N) is 2. The highest BCUT2D eigenvalue weighted by Crippen LogP contribution is 2.40. The van der Waals surface area contributed by atoms with Crippen molar-refractivity contribution < 1.29 is 4.39 Å². The molecule has 1 aromatic heterocycles. The molecule has 0 radical (unpaired) electrons. The maximum Gasteiger partial charge on any atom is 0.209 e. The largest absolute Gasteiger partial charge is 0.396 e. The van der Waals surface area contributed by atoms with E-state index in [1.807, 2.05) is 19.1 Å². The van der Waals surface area contributed by atoms with Crippen LogP contribution in [-0.2, 0) is 6.54 Å². The first-order valence-corrected chi connectivity index (χ1v) is 10.1. The lowest BCUT2D eigenvalue weighted by Gasteiger charge is -2.15. The van der Waals surface area contributed by atoms with Crippen molar-refractivity contribution in [1.82, 2.24) is 9.88 Å². The summed E-state index contributed by atoms with van der Waals surface area (Å²) in [6.45, 7) is 3.62. The van der Waals surface area contributed by atoms with Gasteiger partial charge in [-0.25, -0.2) is 4.39 Å². The average molecular weight is 405 g/mol. The minimum Gasteiger partial charge on any atom is -0.396 e. The van der Waals surface area contributed by atoms with Gasteiger partial charge in [0.15, 0.2) is 5.82 Å². The number of fused-ring (bicyclic) bond motifs is 1. The van der Waals surface area contributed by atoms with E-state index in [0.29, 0.717) is 37.1 Å². The number of pyridine rings is 1. The second-order valence-corrected chi connectivity index (χ2v) is 7.56. The molecular formula is C23H24FN5O. The van der Waals surface area contributed by atoms with Crippen LogP contribution in [0.5, 0.6) is 0 Å². The molecule has 1 saturated carbocycles. The maximum absolute atomic E-state index is 14.8. The lowest BCUT2D eigenvalue weighted by atomic mass is 10.1. The van der Waals surface area contributed by atoms with Gasteiger partial charge in [0.05, 0.1) is 22.3 Å². The van der Waals surface area contributed by atoms with Crippen molar-refractivity contribution >= 4 is 22.3 Å². The monoisotopic (exact) mass is 405 g/mol. The summed E-state index contributed by atoms with van der Waals surface area (Å²) in [6.07, 6.45) is 2.59. The Morgan fingerprint density at radius 2 is 2.07 bits per heavy atom. The van der Waals surface area contributed by atoms with Crippen molar-refractivity contribution in [3.8, 4) is 6.07 Å². The van der Waals surface area contributed by atoms with Crippen LogP contribution in [0.25, 0.3) is 10.9 Å². The predicted octanol–water partition coefficient (Wildman–Crippen LogP) is 3.17. The van der Waals surface area contributed by atoms with Gasteiger partial charge in [-0.1, -0.05) is 30.3 Å². The number of nitrogens with two attached hydrogens (primary N) is 1. The summed E-state index contributed by atoms with van der Waals surface area (Å²) in [7, 11) is 0. The molecule has 3 aromatic rings. The number of rotatable bonds is 7. The van der Waals surface area contributed by atoms with Gasteiger partial charge in [-0.05, 0) is 25.0 Å². The number of nitrogens with zero attached hydrogens (tertiary/aromatic N) is 2. The molecule has 154 valence electrons. The molecule has 1 heterocycles. The van der Waals surface area contributed by atoms with Gasteiger partial charge in [-0.2, -0.15) is 5.26 Å². The zero-order valence-electron chi connectivity index (χ0n) is 16.8. The molecule has 1 aliphatic rings. The minimum absolute atomic E-state index is 0.0437. The molecule has 30 heavy (non-hydrogen) atoms. The number of anilines is 2.